The van der Waals surface area contributed by atoms with E-state index in [4.69, 9.17) is 11.1 Å². The Labute approximate surface area is 149 Å². The van der Waals surface area contributed by atoms with E-state index >= 15 is 0 Å². The maximum absolute atomic E-state index is 13.4. The van der Waals surface area contributed by atoms with Crippen LogP contribution in [-0.2, 0) is 16.0 Å². The molecule has 1 heterocycles. The number of halogens is 1. The second-order valence-corrected chi connectivity index (χ2v) is 5.86. The summed E-state index contributed by atoms with van der Waals surface area (Å²) >= 11 is 0. The van der Waals surface area contributed by atoms with Crippen molar-refractivity contribution in [2.24, 2.45) is 5.73 Å². The first-order valence-corrected chi connectivity index (χ1v) is 7.98. The molecular formula is C19H17FN4O2. The Morgan fingerprint density at radius 2 is 2.04 bits per heavy atom. The molecule has 7 heteroatoms. The Balaban J connectivity index is 1.85. The molecule has 0 unspecified atom stereocenters. The summed E-state index contributed by atoms with van der Waals surface area (Å²) in [5.41, 5.74) is 8.39. The second-order valence-electron chi connectivity index (χ2n) is 5.86. The second kappa shape index (κ2) is 7.18. The van der Waals surface area contributed by atoms with Gasteiger partial charge in [-0.15, -0.1) is 0 Å². The summed E-state index contributed by atoms with van der Waals surface area (Å²) in [5, 5.41) is 13.0. The summed E-state index contributed by atoms with van der Waals surface area (Å²) in [4.78, 5) is 23.9. The number of nitrogens with one attached hydrogen (secondary N) is 3. The Hall–Kier alpha value is -3.48. The van der Waals surface area contributed by atoms with Crippen LogP contribution in [0.2, 0.25) is 0 Å². The van der Waals surface area contributed by atoms with Crippen LogP contribution in [0.3, 0.4) is 0 Å². The molecule has 2 aromatic carbocycles. The van der Waals surface area contributed by atoms with Gasteiger partial charge >= 0.3 is 0 Å². The summed E-state index contributed by atoms with van der Waals surface area (Å²) < 4.78 is 13.4. The van der Waals surface area contributed by atoms with Crippen LogP contribution >= 0.6 is 0 Å². The molecule has 6 nitrogen and oxygen atoms in total. The van der Waals surface area contributed by atoms with Gasteiger partial charge in [0, 0.05) is 29.6 Å². The van der Waals surface area contributed by atoms with Gasteiger partial charge in [-0.2, -0.15) is 0 Å². The lowest BCUT2D eigenvalue weighted by atomic mass is 10.0. The van der Waals surface area contributed by atoms with Gasteiger partial charge in [0.15, 0.2) is 0 Å². The molecule has 0 spiro atoms. The number of hydrogen-bond donors (Lipinski definition) is 4. The average Bonchev–Trinajstić information content (AvgIpc) is 2.62. The highest BCUT2D eigenvalue weighted by Gasteiger charge is 2.17. The number of benzene rings is 2. The largest absolute Gasteiger partial charge is 0.398 e. The zero-order valence-corrected chi connectivity index (χ0v) is 13.8. The van der Waals surface area contributed by atoms with Gasteiger partial charge in [-0.25, -0.2) is 4.39 Å². The van der Waals surface area contributed by atoms with E-state index in [2.05, 4.69) is 10.6 Å². The fourth-order valence-corrected chi connectivity index (χ4v) is 2.74. The van der Waals surface area contributed by atoms with E-state index in [-0.39, 0.29) is 17.2 Å². The molecule has 3 rings (SSSR count). The molecule has 0 fully saturated rings. The first kappa shape index (κ1) is 17.3. The molecule has 1 aliphatic rings. The third kappa shape index (κ3) is 3.61. The lowest BCUT2D eigenvalue weighted by Crippen LogP contribution is -2.21. The van der Waals surface area contributed by atoms with Crippen molar-refractivity contribution < 1.29 is 14.0 Å². The zero-order chi connectivity index (χ0) is 18.7. The van der Waals surface area contributed by atoms with Gasteiger partial charge in [0.05, 0.1) is 11.3 Å². The molecule has 0 aliphatic carbocycles. The van der Waals surface area contributed by atoms with Gasteiger partial charge in [0.25, 0.3) is 5.91 Å². The van der Waals surface area contributed by atoms with Crippen LogP contribution in [0, 0.1) is 11.2 Å². The maximum Gasteiger partial charge on any atom is 0.259 e. The molecule has 0 saturated heterocycles. The third-order valence-corrected chi connectivity index (χ3v) is 4.07. The van der Waals surface area contributed by atoms with Crippen molar-refractivity contribution in [1.29, 1.82) is 5.41 Å². The highest BCUT2D eigenvalue weighted by Crippen LogP contribution is 2.26. The van der Waals surface area contributed by atoms with E-state index in [0.717, 1.165) is 17.5 Å². The van der Waals surface area contributed by atoms with Crippen LogP contribution in [-0.4, -0.2) is 18.0 Å². The smallest absolute Gasteiger partial charge is 0.259 e. The standard InChI is InChI=1S/C19H17FN4O2/c20-13-3-1-2-12(8-13)18(22)15(10-21)19(26)23-14-5-6-16-11(9-14)4-7-17(25)24-16/h1-3,5-6,8-10,21H,4,7,22H2,(H,23,26)(H,24,25). The number of amides is 2. The molecule has 0 saturated carbocycles. The van der Waals surface area contributed by atoms with Gasteiger partial charge in [0.1, 0.15) is 5.82 Å². The van der Waals surface area contributed by atoms with Gasteiger partial charge < -0.3 is 21.8 Å². The van der Waals surface area contributed by atoms with E-state index in [1.807, 2.05) is 0 Å². The van der Waals surface area contributed by atoms with Crippen LogP contribution in [0.25, 0.3) is 5.70 Å². The van der Waals surface area contributed by atoms with Gasteiger partial charge in [-0.1, -0.05) is 12.1 Å². The Morgan fingerprint density at radius 3 is 2.77 bits per heavy atom. The number of nitrogens with two attached hydrogens (primary N) is 1. The highest BCUT2D eigenvalue weighted by atomic mass is 19.1. The summed E-state index contributed by atoms with van der Waals surface area (Å²) in [6.45, 7) is 0. The molecule has 26 heavy (non-hydrogen) atoms. The number of aryl methyl sites for hydroxylation is 1. The summed E-state index contributed by atoms with van der Waals surface area (Å²) in [5.74, 6) is -1.08. The van der Waals surface area contributed by atoms with E-state index in [9.17, 15) is 14.0 Å². The number of carbonyl (C=O) groups excluding carboxylic acids is 2. The molecule has 2 aromatic rings. The molecule has 0 aromatic heterocycles. The van der Waals surface area contributed by atoms with Crippen LogP contribution in [0.1, 0.15) is 17.5 Å². The molecule has 2 amide bonds. The fourth-order valence-electron chi connectivity index (χ4n) is 2.74. The predicted octanol–water partition coefficient (Wildman–Crippen LogP) is 2.67. The predicted molar refractivity (Wildman–Crippen MR) is 98.3 cm³/mol. The number of fused-ring (bicyclic) bond motifs is 1. The van der Waals surface area contributed by atoms with Gasteiger partial charge in [0.2, 0.25) is 5.91 Å². The number of rotatable bonds is 4. The first-order chi connectivity index (χ1) is 12.5. The van der Waals surface area contributed by atoms with Crippen LogP contribution in [0.4, 0.5) is 15.8 Å². The van der Waals surface area contributed by atoms with Crippen LogP contribution < -0.4 is 16.4 Å². The van der Waals surface area contributed by atoms with Crippen LogP contribution in [0.15, 0.2) is 48.0 Å². The molecule has 0 bridgehead atoms. The molecule has 5 N–H and O–H groups in total. The van der Waals surface area contributed by atoms with Gasteiger partial charge in [-0.05, 0) is 42.3 Å². The van der Waals surface area contributed by atoms with Crippen molar-refractivity contribution in [3.05, 3.63) is 65.0 Å². The van der Waals surface area contributed by atoms with E-state index in [1.54, 1.807) is 24.3 Å². The lowest BCUT2D eigenvalue weighted by Gasteiger charge is -2.18. The normalized spacial score (nSPS) is 14.0. The zero-order valence-electron chi connectivity index (χ0n) is 13.8. The monoisotopic (exact) mass is 352 g/mol. The summed E-state index contributed by atoms with van der Waals surface area (Å²) in [6.07, 6.45) is 1.82. The van der Waals surface area contributed by atoms with E-state index < -0.39 is 11.7 Å². The first-order valence-electron chi connectivity index (χ1n) is 7.98. The Morgan fingerprint density at radius 1 is 1.23 bits per heavy atom. The molecular weight excluding hydrogens is 335 g/mol. The molecule has 132 valence electrons. The minimum atomic E-state index is -0.568. The number of anilines is 2. The SMILES string of the molecule is N=CC(C(=O)Nc1ccc2c(c1)CCC(=O)N2)=C(N)c1cccc(F)c1. The Kier molecular flexibility index (Phi) is 4.79. The van der Waals surface area contributed by atoms with Crippen LogP contribution in [0.5, 0.6) is 0 Å². The van der Waals surface area contributed by atoms with E-state index in [0.29, 0.717) is 24.1 Å². The van der Waals surface area contributed by atoms with Crippen molar-refractivity contribution in [1.82, 2.24) is 0 Å². The minimum Gasteiger partial charge on any atom is -0.398 e. The number of hydrogen-bond acceptors (Lipinski definition) is 4. The lowest BCUT2D eigenvalue weighted by molar-refractivity contribution is -0.116. The Bertz CT molecular complexity index is 937. The number of carbonyl (C=O) groups is 2. The topological polar surface area (TPSA) is 108 Å². The quantitative estimate of drug-likeness (QED) is 0.502. The summed E-state index contributed by atoms with van der Waals surface area (Å²) in [7, 11) is 0. The third-order valence-electron chi connectivity index (χ3n) is 4.07. The summed E-state index contributed by atoms with van der Waals surface area (Å²) in [6, 6.07) is 10.7. The highest BCUT2D eigenvalue weighted by molar-refractivity contribution is 6.22. The van der Waals surface area contributed by atoms with Gasteiger partial charge in [-0.3, -0.25) is 9.59 Å². The van der Waals surface area contributed by atoms with Crippen molar-refractivity contribution in [3.8, 4) is 0 Å². The average molecular weight is 352 g/mol. The van der Waals surface area contributed by atoms with Crippen molar-refractivity contribution in [3.63, 3.8) is 0 Å². The maximum atomic E-state index is 13.4. The molecule has 1 aliphatic heterocycles. The fraction of sp³-hybridized carbons (Fsp3) is 0.105. The van der Waals surface area contributed by atoms with Crippen molar-refractivity contribution in [2.45, 2.75) is 12.8 Å². The molecule has 0 atom stereocenters. The molecule has 0 radical (unpaired) electrons. The minimum absolute atomic E-state index is 0.0159. The van der Waals surface area contributed by atoms with Crippen molar-refractivity contribution >= 4 is 35.1 Å². The van der Waals surface area contributed by atoms with E-state index in [1.165, 1.54) is 18.2 Å². The van der Waals surface area contributed by atoms with Crippen molar-refractivity contribution in [2.75, 3.05) is 10.6 Å².